The Labute approximate surface area is 150 Å². The normalized spacial score (nSPS) is 13.1. The van der Waals surface area contributed by atoms with E-state index in [0.29, 0.717) is 27.4 Å². The molecule has 0 fully saturated rings. The molecule has 0 aliphatic carbocycles. The van der Waals surface area contributed by atoms with Crippen LogP contribution >= 0.6 is 0 Å². The maximum Gasteiger partial charge on any atom is 0.253 e. The van der Waals surface area contributed by atoms with E-state index in [-0.39, 0.29) is 12.3 Å². The standard InChI is InChI=1S/C20H18N4O2/c1-12(10-11-21)18(19(22)25)24-20(26)17-13-6-2-4-8-15(13)23-16-9-5-3-7-14(16)17/h2-9,12,18H,10H2,1H3,(H2,22,25)(H,24,26)/t12-,18+/m1/s1. The van der Waals surface area contributed by atoms with E-state index in [1.807, 2.05) is 54.6 Å². The van der Waals surface area contributed by atoms with Crippen LogP contribution in [-0.4, -0.2) is 22.8 Å². The minimum absolute atomic E-state index is 0.117. The third-order valence-electron chi connectivity index (χ3n) is 4.39. The van der Waals surface area contributed by atoms with Gasteiger partial charge in [0.2, 0.25) is 5.91 Å². The lowest BCUT2D eigenvalue weighted by Crippen LogP contribution is -2.48. The molecule has 2 atom stereocenters. The van der Waals surface area contributed by atoms with Crippen molar-refractivity contribution in [1.82, 2.24) is 10.3 Å². The number of hydrogen-bond donors (Lipinski definition) is 2. The van der Waals surface area contributed by atoms with Crippen LogP contribution in [0.25, 0.3) is 21.8 Å². The van der Waals surface area contributed by atoms with Gasteiger partial charge in [0, 0.05) is 17.2 Å². The van der Waals surface area contributed by atoms with Gasteiger partial charge in [-0.1, -0.05) is 43.3 Å². The second-order valence-electron chi connectivity index (χ2n) is 6.21. The lowest BCUT2D eigenvalue weighted by Gasteiger charge is -2.21. The molecule has 0 saturated heterocycles. The molecule has 3 aromatic rings. The van der Waals surface area contributed by atoms with Crippen LogP contribution in [0.15, 0.2) is 48.5 Å². The lowest BCUT2D eigenvalue weighted by atomic mass is 9.96. The van der Waals surface area contributed by atoms with Gasteiger partial charge in [0.15, 0.2) is 0 Å². The fourth-order valence-corrected chi connectivity index (χ4v) is 3.05. The molecule has 0 saturated carbocycles. The van der Waals surface area contributed by atoms with E-state index >= 15 is 0 Å². The van der Waals surface area contributed by atoms with Crippen LogP contribution in [0.2, 0.25) is 0 Å². The number of primary amides is 1. The Morgan fingerprint density at radius 3 is 2.15 bits per heavy atom. The smallest absolute Gasteiger partial charge is 0.253 e. The molecule has 0 bridgehead atoms. The molecule has 0 spiro atoms. The fraction of sp³-hybridized carbons (Fsp3) is 0.200. The first-order valence-electron chi connectivity index (χ1n) is 8.27. The first-order valence-corrected chi connectivity index (χ1v) is 8.27. The second kappa shape index (κ2) is 7.19. The van der Waals surface area contributed by atoms with E-state index < -0.39 is 17.9 Å². The second-order valence-corrected chi connectivity index (χ2v) is 6.21. The molecule has 130 valence electrons. The molecule has 6 nitrogen and oxygen atoms in total. The van der Waals surface area contributed by atoms with Gasteiger partial charge in [-0.05, 0) is 18.1 Å². The summed E-state index contributed by atoms with van der Waals surface area (Å²) in [6.45, 7) is 1.71. The highest BCUT2D eigenvalue weighted by Crippen LogP contribution is 2.26. The lowest BCUT2D eigenvalue weighted by molar-refractivity contribution is -0.120. The van der Waals surface area contributed by atoms with Crippen molar-refractivity contribution >= 4 is 33.6 Å². The molecule has 0 unspecified atom stereocenters. The SMILES string of the molecule is C[C@H](CC#N)[C@H](NC(=O)c1c2ccccc2nc2ccccc12)C(N)=O. The predicted molar refractivity (Wildman–Crippen MR) is 99.1 cm³/mol. The number of carbonyl (C=O) groups is 2. The summed E-state index contributed by atoms with van der Waals surface area (Å²) in [6, 6.07) is 15.8. The van der Waals surface area contributed by atoms with Crippen molar-refractivity contribution in [1.29, 1.82) is 5.26 Å². The molecular formula is C20H18N4O2. The van der Waals surface area contributed by atoms with Crippen molar-refractivity contribution in [2.45, 2.75) is 19.4 Å². The topological polar surface area (TPSA) is 109 Å². The minimum Gasteiger partial charge on any atom is -0.368 e. The van der Waals surface area contributed by atoms with Crippen LogP contribution < -0.4 is 11.1 Å². The average Bonchev–Trinajstić information content (AvgIpc) is 2.63. The highest BCUT2D eigenvalue weighted by Gasteiger charge is 2.26. The summed E-state index contributed by atoms with van der Waals surface area (Å²) < 4.78 is 0. The third kappa shape index (κ3) is 3.20. The number of amides is 2. The van der Waals surface area contributed by atoms with Gasteiger partial charge in [0.25, 0.3) is 5.91 Å². The number of nitrogens with two attached hydrogens (primary N) is 1. The zero-order valence-electron chi connectivity index (χ0n) is 14.3. The molecule has 1 aromatic heterocycles. The van der Waals surface area contributed by atoms with E-state index in [2.05, 4.69) is 10.3 Å². The predicted octanol–water partition coefficient (Wildman–Crippen LogP) is 2.52. The van der Waals surface area contributed by atoms with E-state index in [1.54, 1.807) is 6.92 Å². The van der Waals surface area contributed by atoms with Crippen molar-refractivity contribution in [3.05, 3.63) is 54.1 Å². The molecule has 26 heavy (non-hydrogen) atoms. The van der Waals surface area contributed by atoms with Crippen molar-refractivity contribution in [2.75, 3.05) is 0 Å². The molecule has 0 radical (unpaired) electrons. The van der Waals surface area contributed by atoms with Crippen molar-refractivity contribution in [2.24, 2.45) is 11.7 Å². The zero-order chi connectivity index (χ0) is 18.7. The highest BCUT2D eigenvalue weighted by molar-refractivity contribution is 6.16. The Bertz CT molecular complexity index is 985. The summed E-state index contributed by atoms with van der Waals surface area (Å²) in [5, 5.41) is 13.0. The molecule has 0 aliphatic rings. The Kier molecular flexibility index (Phi) is 4.81. The van der Waals surface area contributed by atoms with Gasteiger partial charge in [-0.15, -0.1) is 0 Å². The monoisotopic (exact) mass is 346 g/mol. The van der Waals surface area contributed by atoms with Gasteiger partial charge >= 0.3 is 0 Å². The Morgan fingerprint density at radius 1 is 1.12 bits per heavy atom. The summed E-state index contributed by atoms with van der Waals surface area (Å²) in [4.78, 5) is 29.4. The first-order chi connectivity index (χ1) is 12.5. The number of fused-ring (bicyclic) bond motifs is 2. The van der Waals surface area contributed by atoms with Gasteiger partial charge in [0.1, 0.15) is 6.04 Å². The Morgan fingerprint density at radius 2 is 1.65 bits per heavy atom. The number of benzene rings is 2. The molecular weight excluding hydrogens is 328 g/mol. The van der Waals surface area contributed by atoms with Crippen LogP contribution in [0.4, 0.5) is 0 Å². The van der Waals surface area contributed by atoms with Crippen LogP contribution in [0.5, 0.6) is 0 Å². The van der Waals surface area contributed by atoms with Gasteiger partial charge in [0.05, 0.1) is 22.7 Å². The number of nitriles is 1. The van der Waals surface area contributed by atoms with E-state index in [9.17, 15) is 9.59 Å². The molecule has 2 aromatic carbocycles. The van der Waals surface area contributed by atoms with Crippen molar-refractivity contribution in [3.8, 4) is 6.07 Å². The molecule has 0 aliphatic heterocycles. The maximum absolute atomic E-state index is 13.1. The minimum atomic E-state index is -0.923. The van der Waals surface area contributed by atoms with Crippen LogP contribution in [0.1, 0.15) is 23.7 Å². The maximum atomic E-state index is 13.1. The van der Waals surface area contributed by atoms with E-state index in [4.69, 9.17) is 11.0 Å². The number of aromatic nitrogens is 1. The molecule has 6 heteroatoms. The number of nitrogens with zero attached hydrogens (tertiary/aromatic N) is 2. The Hall–Kier alpha value is -3.46. The molecule has 2 amide bonds. The quantitative estimate of drug-likeness (QED) is 0.692. The van der Waals surface area contributed by atoms with Crippen LogP contribution in [-0.2, 0) is 4.79 Å². The van der Waals surface area contributed by atoms with E-state index in [0.717, 1.165) is 0 Å². The Balaban J connectivity index is 2.12. The summed E-state index contributed by atoms with van der Waals surface area (Å²) in [7, 11) is 0. The van der Waals surface area contributed by atoms with Crippen LogP contribution in [0, 0.1) is 17.2 Å². The fourth-order valence-electron chi connectivity index (χ4n) is 3.05. The summed E-state index contributed by atoms with van der Waals surface area (Å²) in [5.74, 6) is -1.46. The van der Waals surface area contributed by atoms with Crippen molar-refractivity contribution in [3.63, 3.8) is 0 Å². The number of para-hydroxylation sites is 2. The number of pyridine rings is 1. The van der Waals surface area contributed by atoms with E-state index in [1.165, 1.54) is 0 Å². The van der Waals surface area contributed by atoms with Gasteiger partial charge in [-0.2, -0.15) is 5.26 Å². The molecule has 1 heterocycles. The van der Waals surface area contributed by atoms with Gasteiger partial charge in [-0.25, -0.2) is 4.98 Å². The molecule has 3 rings (SSSR count). The van der Waals surface area contributed by atoms with Crippen LogP contribution in [0.3, 0.4) is 0 Å². The number of hydrogen-bond acceptors (Lipinski definition) is 4. The van der Waals surface area contributed by atoms with Crippen molar-refractivity contribution < 1.29 is 9.59 Å². The number of nitrogens with one attached hydrogen (secondary N) is 1. The van der Waals surface area contributed by atoms with Gasteiger partial charge < -0.3 is 11.1 Å². The molecule has 3 N–H and O–H groups in total. The summed E-state index contributed by atoms with van der Waals surface area (Å²) in [5.41, 5.74) is 7.27. The average molecular weight is 346 g/mol. The highest BCUT2D eigenvalue weighted by atomic mass is 16.2. The van der Waals surface area contributed by atoms with Gasteiger partial charge in [-0.3, -0.25) is 9.59 Å². The first kappa shape index (κ1) is 17.4. The largest absolute Gasteiger partial charge is 0.368 e. The third-order valence-corrected chi connectivity index (χ3v) is 4.39. The number of carbonyl (C=O) groups excluding carboxylic acids is 2. The summed E-state index contributed by atoms with van der Waals surface area (Å²) in [6.07, 6.45) is 0.117. The number of rotatable bonds is 5. The summed E-state index contributed by atoms with van der Waals surface area (Å²) >= 11 is 0. The zero-order valence-corrected chi connectivity index (χ0v) is 14.3.